The van der Waals surface area contributed by atoms with Crippen molar-refractivity contribution in [3.8, 4) is 0 Å². The van der Waals surface area contributed by atoms with Crippen LogP contribution in [0.3, 0.4) is 0 Å². The van der Waals surface area contributed by atoms with Crippen LogP contribution < -0.4 is 0 Å². The summed E-state index contributed by atoms with van der Waals surface area (Å²) in [6.45, 7) is 4.30. The molecule has 0 bridgehead atoms. The van der Waals surface area contributed by atoms with Crippen molar-refractivity contribution >= 4 is 27.6 Å². The molecule has 0 saturated carbocycles. The SMILES string of the molecule is CC(=O)CC1CCCCN1C(=O)c1cc(Br)ccc1C. The summed E-state index contributed by atoms with van der Waals surface area (Å²) in [6, 6.07) is 5.82. The molecule has 1 unspecified atom stereocenters. The standard InChI is InChI=1S/C16H20BrNO2/c1-11-6-7-13(17)10-15(11)16(20)18-8-4-3-5-14(18)9-12(2)19/h6-7,10,14H,3-5,8-9H2,1-2H3. The van der Waals surface area contributed by atoms with E-state index < -0.39 is 0 Å². The van der Waals surface area contributed by atoms with Crippen LogP contribution in [0.2, 0.25) is 0 Å². The Hall–Kier alpha value is -1.16. The average molecular weight is 338 g/mol. The van der Waals surface area contributed by atoms with Crippen LogP contribution in [0, 0.1) is 6.92 Å². The lowest BCUT2D eigenvalue weighted by Crippen LogP contribution is -2.44. The van der Waals surface area contributed by atoms with E-state index in [1.165, 1.54) is 0 Å². The highest BCUT2D eigenvalue weighted by Crippen LogP contribution is 2.24. The van der Waals surface area contributed by atoms with Crippen LogP contribution in [-0.4, -0.2) is 29.2 Å². The monoisotopic (exact) mass is 337 g/mol. The fourth-order valence-corrected chi connectivity index (χ4v) is 3.15. The number of Topliss-reactive ketones (excluding diaryl/α,β-unsaturated/α-hetero) is 1. The van der Waals surface area contributed by atoms with Crippen LogP contribution in [-0.2, 0) is 4.79 Å². The molecule has 108 valence electrons. The van der Waals surface area contributed by atoms with Gasteiger partial charge in [-0.05, 0) is 50.8 Å². The molecule has 2 rings (SSSR count). The van der Waals surface area contributed by atoms with Crippen molar-refractivity contribution in [1.82, 2.24) is 4.90 Å². The number of amides is 1. The molecule has 1 aromatic rings. The molecule has 1 atom stereocenters. The van der Waals surface area contributed by atoms with Gasteiger partial charge < -0.3 is 4.90 Å². The summed E-state index contributed by atoms with van der Waals surface area (Å²) in [6.07, 6.45) is 3.52. The number of likely N-dealkylation sites (tertiary alicyclic amines) is 1. The van der Waals surface area contributed by atoms with Gasteiger partial charge in [-0.25, -0.2) is 0 Å². The molecule has 4 heteroatoms. The lowest BCUT2D eigenvalue weighted by Gasteiger charge is -2.35. The van der Waals surface area contributed by atoms with Crippen LogP contribution in [0.1, 0.15) is 48.5 Å². The predicted molar refractivity (Wildman–Crippen MR) is 82.9 cm³/mol. The molecule has 1 heterocycles. The molecule has 1 aliphatic heterocycles. The number of ketones is 1. The van der Waals surface area contributed by atoms with E-state index in [-0.39, 0.29) is 17.7 Å². The maximum absolute atomic E-state index is 12.8. The molecule has 0 aliphatic carbocycles. The van der Waals surface area contributed by atoms with E-state index in [4.69, 9.17) is 0 Å². The zero-order valence-corrected chi connectivity index (χ0v) is 13.6. The molecule has 1 amide bonds. The van der Waals surface area contributed by atoms with E-state index in [1.807, 2.05) is 30.0 Å². The van der Waals surface area contributed by atoms with Gasteiger partial charge in [0, 0.05) is 29.0 Å². The Balaban J connectivity index is 2.25. The van der Waals surface area contributed by atoms with Crippen LogP contribution >= 0.6 is 15.9 Å². The minimum absolute atomic E-state index is 0.0507. The second kappa shape index (κ2) is 6.53. The Bertz CT molecular complexity index is 527. The molecule has 0 spiro atoms. The average Bonchev–Trinajstić information content (AvgIpc) is 2.41. The summed E-state index contributed by atoms with van der Waals surface area (Å²) in [5.74, 6) is 0.204. The van der Waals surface area contributed by atoms with Crippen molar-refractivity contribution in [2.24, 2.45) is 0 Å². The van der Waals surface area contributed by atoms with Gasteiger partial charge in [0.05, 0.1) is 0 Å². The number of piperidine rings is 1. The molecule has 0 N–H and O–H groups in total. The van der Waals surface area contributed by atoms with Crippen molar-refractivity contribution in [2.75, 3.05) is 6.54 Å². The van der Waals surface area contributed by atoms with Gasteiger partial charge in [0.15, 0.2) is 0 Å². The van der Waals surface area contributed by atoms with Crippen molar-refractivity contribution in [3.63, 3.8) is 0 Å². The molecule has 20 heavy (non-hydrogen) atoms. The minimum atomic E-state index is 0.0507. The van der Waals surface area contributed by atoms with E-state index in [2.05, 4.69) is 15.9 Å². The lowest BCUT2D eigenvalue weighted by molar-refractivity contribution is -0.118. The third kappa shape index (κ3) is 3.48. The maximum atomic E-state index is 12.8. The number of halogens is 1. The number of benzene rings is 1. The summed E-state index contributed by atoms with van der Waals surface area (Å²) in [4.78, 5) is 26.0. The highest BCUT2D eigenvalue weighted by atomic mass is 79.9. The second-order valence-electron chi connectivity index (χ2n) is 5.51. The molecule has 1 fully saturated rings. The Morgan fingerprint density at radius 3 is 2.80 bits per heavy atom. The third-order valence-corrected chi connectivity index (χ3v) is 4.33. The number of hydrogen-bond acceptors (Lipinski definition) is 2. The van der Waals surface area contributed by atoms with Crippen LogP contribution in [0.25, 0.3) is 0 Å². The highest BCUT2D eigenvalue weighted by Gasteiger charge is 2.28. The number of carbonyl (C=O) groups excluding carboxylic acids is 2. The Morgan fingerprint density at radius 1 is 1.35 bits per heavy atom. The van der Waals surface area contributed by atoms with E-state index in [0.717, 1.165) is 41.4 Å². The largest absolute Gasteiger partial charge is 0.335 e. The zero-order valence-electron chi connectivity index (χ0n) is 12.0. The quantitative estimate of drug-likeness (QED) is 0.842. The van der Waals surface area contributed by atoms with Gasteiger partial charge in [-0.3, -0.25) is 9.59 Å². The smallest absolute Gasteiger partial charge is 0.254 e. The van der Waals surface area contributed by atoms with Gasteiger partial charge in [0.1, 0.15) is 5.78 Å². The first kappa shape index (κ1) is 15.2. The molecule has 0 aromatic heterocycles. The van der Waals surface area contributed by atoms with Gasteiger partial charge in [-0.2, -0.15) is 0 Å². The number of carbonyl (C=O) groups is 2. The molecule has 1 aliphatic rings. The van der Waals surface area contributed by atoms with E-state index in [0.29, 0.717) is 6.42 Å². The van der Waals surface area contributed by atoms with Crippen molar-refractivity contribution in [2.45, 2.75) is 45.6 Å². The van der Waals surface area contributed by atoms with Gasteiger partial charge in [0.25, 0.3) is 5.91 Å². The number of nitrogens with zero attached hydrogens (tertiary/aromatic N) is 1. The predicted octanol–water partition coefficient (Wildman–Crippen LogP) is 3.73. The fraction of sp³-hybridized carbons (Fsp3) is 0.500. The molecular weight excluding hydrogens is 318 g/mol. The minimum Gasteiger partial charge on any atom is -0.335 e. The van der Waals surface area contributed by atoms with Crippen LogP contribution in [0.15, 0.2) is 22.7 Å². The number of aryl methyl sites for hydroxylation is 1. The van der Waals surface area contributed by atoms with Gasteiger partial charge >= 0.3 is 0 Å². The number of hydrogen-bond donors (Lipinski definition) is 0. The van der Waals surface area contributed by atoms with Crippen LogP contribution in [0.5, 0.6) is 0 Å². The summed E-state index contributed by atoms with van der Waals surface area (Å²) < 4.78 is 0.909. The van der Waals surface area contributed by atoms with E-state index >= 15 is 0 Å². The summed E-state index contributed by atoms with van der Waals surface area (Å²) in [5.41, 5.74) is 1.71. The molecule has 1 aromatic carbocycles. The van der Waals surface area contributed by atoms with Gasteiger partial charge in [-0.15, -0.1) is 0 Å². The second-order valence-corrected chi connectivity index (χ2v) is 6.43. The molecule has 3 nitrogen and oxygen atoms in total. The van der Waals surface area contributed by atoms with E-state index in [1.54, 1.807) is 6.92 Å². The summed E-state index contributed by atoms with van der Waals surface area (Å²) in [7, 11) is 0. The summed E-state index contributed by atoms with van der Waals surface area (Å²) in [5, 5.41) is 0. The fourth-order valence-electron chi connectivity index (χ4n) is 2.79. The lowest BCUT2D eigenvalue weighted by atomic mass is 9.96. The molecule has 0 radical (unpaired) electrons. The van der Waals surface area contributed by atoms with Gasteiger partial charge in [-0.1, -0.05) is 22.0 Å². The van der Waals surface area contributed by atoms with Gasteiger partial charge in [0.2, 0.25) is 0 Å². The van der Waals surface area contributed by atoms with Crippen molar-refractivity contribution < 1.29 is 9.59 Å². The molecule has 1 saturated heterocycles. The third-order valence-electron chi connectivity index (χ3n) is 3.84. The normalized spacial score (nSPS) is 18.9. The summed E-state index contributed by atoms with van der Waals surface area (Å²) >= 11 is 3.42. The highest BCUT2D eigenvalue weighted by molar-refractivity contribution is 9.10. The Kier molecular flexibility index (Phi) is 4.97. The topological polar surface area (TPSA) is 37.4 Å². The molecular formula is C16H20BrNO2. The first-order chi connectivity index (χ1) is 9.49. The number of rotatable bonds is 3. The Labute approximate surface area is 128 Å². The Morgan fingerprint density at radius 2 is 2.10 bits per heavy atom. The first-order valence-corrected chi connectivity index (χ1v) is 7.85. The van der Waals surface area contributed by atoms with E-state index in [9.17, 15) is 9.59 Å². The zero-order chi connectivity index (χ0) is 14.7. The maximum Gasteiger partial charge on any atom is 0.254 e. The van der Waals surface area contributed by atoms with Crippen molar-refractivity contribution in [3.05, 3.63) is 33.8 Å². The van der Waals surface area contributed by atoms with Crippen LogP contribution in [0.4, 0.5) is 0 Å². The van der Waals surface area contributed by atoms with Crippen molar-refractivity contribution in [1.29, 1.82) is 0 Å². The first-order valence-electron chi connectivity index (χ1n) is 7.05.